The minimum absolute atomic E-state index is 0.129. The minimum atomic E-state index is -0.148. The van der Waals surface area contributed by atoms with Crippen LogP contribution in [0.15, 0.2) is 18.2 Å². The van der Waals surface area contributed by atoms with Crippen LogP contribution < -0.4 is 10.6 Å². The monoisotopic (exact) mass is 321 g/mol. The SMILES string of the molecule is COCCN(C)CCCNC(=O)c1ccc(C)c(NC(C)=O)c1. The van der Waals surface area contributed by atoms with Gasteiger partial charge in [0.1, 0.15) is 0 Å². The van der Waals surface area contributed by atoms with Crippen LogP contribution in [0.5, 0.6) is 0 Å². The van der Waals surface area contributed by atoms with Gasteiger partial charge in [0.15, 0.2) is 0 Å². The molecule has 0 unspecified atom stereocenters. The first-order valence-corrected chi connectivity index (χ1v) is 7.78. The Morgan fingerprint density at radius 2 is 2.00 bits per heavy atom. The van der Waals surface area contributed by atoms with Gasteiger partial charge in [-0.05, 0) is 44.6 Å². The van der Waals surface area contributed by atoms with Gasteiger partial charge in [0.25, 0.3) is 5.91 Å². The molecule has 0 aliphatic rings. The standard InChI is InChI=1S/C17H27N3O3/c1-13-6-7-15(12-16(13)19-14(2)21)17(22)18-8-5-9-20(3)10-11-23-4/h6-7,12H,5,8-11H2,1-4H3,(H,18,22)(H,19,21). The molecule has 0 atom stereocenters. The van der Waals surface area contributed by atoms with Crippen molar-refractivity contribution in [3.05, 3.63) is 29.3 Å². The Labute approximate surface area is 138 Å². The number of nitrogens with one attached hydrogen (secondary N) is 2. The molecule has 6 nitrogen and oxygen atoms in total. The summed E-state index contributed by atoms with van der Waals surface area (Å²) in [6, 6.07) is 5.30. The summed E-state index contributed by atoms with van der Waals surface area (Å²) >= 11 is 0. The number of rotatable bonds is 9. The summed E-state index contributed by atoms with van der Waals surface area (Å²) in [5.41, 5.74) is 2.15. The van der Waals surface area contributed by atoms with Gasteiger partial charge in [-0.2, -0.15) is 0 Å². The normalized spacial score (nSPS) is 10.7. The van der Waals surface area contributed by atoms with Crippen LogP contribution in [0.4, 0.5) is 5.69 Å². The van der Waals surface area contributed by atoms with E-state index in [4.69, 9.17) is 4.74 Å². The first-order valence-electron chi connectivity index (χ1n) is 7.78. The average molecular weight is 321 g/mol. The molecule has 128 valence electrons. The molecule has 0 radical (unpaired) electrons. The number of methoxy groups -OCH3 is 1. The second-order valence-corrected chi connectivity index (χ2v) is 5.62. The van der Waals surface area contributed by atoms with Crippen LogP contribution in [0.1, 0.15) is 29.3 Å². The van der Waals surface area contributed by atoms with Crippen LogP contribution >= 0.6 is 0 Å². The summed E-state index contributed by atoms with van der Waals surface area (Å²) in [5, 5.41) is 5.63. The summed E-state index contributed by atoms with van der Waals surface area (Å²) in [7, 11) is 3.71. The van der Waals surface area contributed by atoms with Crippen molar-refractivity contribution < 1.29 is 14.3 Å². The first kappa shape index (κ1) is 19.1. The van der Waals surface area contributed by atoms with E-state index in [-0.39, 0.29) is 11.8 Å². The molecule has 0 aliphatic heterocycles. The molecular weight excluding hydrogens is 294 g/mol. The Hall–Kier alpha value is -1.92. The maximum Gasteiger partial charge on any atom is 0.251 e. The topological polar surface area (TPSA) is 70.7 Å². The van der Waals surface area contributed by atoms with E-state index in [1.54, 1.807) is 19.2 Å². The third-order valence-electron chi connectivity index (χ3n) is 3.49. The number of amides is 2. The predicted octanol–water partition coefficient (Wildman–Crippen LogP) is 1.65. The number of nitrogens with zero attached hydrogens (tertiary/aromatic N) is 1. The van der Waals surface area contributed by atoms with Gasteiger partial charge in [-0.15, -0.1) is 0 Å². The largest absolute Gasteiger partial charge is 0.383 e. The Morgan fingerprint density at radius 1 is 1.26 bits per heavy atom. The van der Waals surface area contributed by atoms with Crippen molar-refractivity contribution in [2.75, 3.05) is 45.7 Å². The van der Waals surface area contributed by atoms with Crippen molar-refractivity contribution in [1.29, 1.82) is 0 Å². The van der Waals surface area contributed by atoms with Crippen LogP contribution in [0.25, 0.3) is 0 Å². The van der Waals surface area contributed by atoms with E-state index in [0.717, 1.165) is 25.1 Å². The van der Waals surface area contributed by atoms with Gasteiger partial charge in [-0.25, -0.2) is 0 Å². The summed E-state index contributed by atoms with van der Waals surface area (Å²) in [6.07, 6.45) is 0.871. The number of benzene rings is 1. The minimum Gasteiger partial charge on any atom is -0.383 e. The predicted molar refractivity (Wildman–Crippen MR) is 91.8 cm³/mol. The molecule has 6 heteroatoms. The number of hydrogen-bond acceptors (Lipinski definition) is 4. The third-order valence-corrected chi connectivity index (χ3v) is 3.49. The molecule has 1 aromatic rings. The highest BCUT2D eigenvalue weighted by molar-refractivity contribution is 5.97. The Morgan fingerprint density at radius 3 is 2.65 bits per heavy atom. The molecule has 0 heterocycles. The van der Waals surface area contributed by atoms with Gasteiger partial charge in [0.05, 0.1) is 6.61 Å². The lowest BCUT2D eigenvalue weighted by molar-refractivity contribution is -0.114. The van der Waals surface area contributed by atoms with Gasteiger partial charge < -0.3 is 20.3 Å². The van der Waals surface area contributed by atoms with Crippen LogP contribution in [-0.4, -0.2) is 57.1 Å². The van der Waals surface area contributed by atoms with Gasteiger partial charge in [-0.3, -0.25) is 9.59 Å². The zero-order valence-corrected chi connectivity index (χ0v) is 14.4. The average Bonchev–Trinajstić information content (AvgIpc) is 2.51. The van der Waals surface area contributed by atoms with Crippen LogP contribution in [0, 0.1) is 6.92 Å². The Bertz CT molecular complexity index is 532. The van der Waals surface area contributed by atoms with Crippen LogP contribution in [-0.2, 0) is 9.53 Å². The molecule has 0 saturated carbocycles. The highest BCUT2D eigenvalue weighted by Crippen LogP contribution is 2.16. The van der Waals surface area contributed by atoms with E-state index in [1.807, 2.05) is 20.0 Å². The van der Waals surface area contributed by atoms with Gasteiger partial charge in [0.2, 0.25) is 5.91 Å². The highest BCUT2D eigenvalue weighted by Gasteiger charge is 2.08. The second kappa shape index (κ2) is 9.97. The molecule has 0 spiro atoms. The van der Waals surface area contributed by atoms with Crippen LogP contribution in [0.2, 0.25) is 0 Å². The van der Waals surface area contributed by atoms with Crippen molar-refractivity contribution in [3.8, 4) is 0 Å². The van der Waals surface area contributed by atoms with Crippen molar-refractivity contribution in [3.63, 3.8) is 0 Å². The number of aryl methyl sites for hydroxylation is 1. The number of anilines is 1. The first-order chi connectivity index (χ1) is 10.9. The Kier molecular flexibility index (Phi) is 8.29. The van der Waals surface area contributed by atoms with E-state index in [9.17, 15) is 9.59 Å². The number of ether oxygens (including phenoxy) is 1. The van der Waals surface area contributed by atoms with Gasteiger partial charge in [0, 0.05) is 38.4 Å². The second-order valence-electron chi connectivity index (χ2n) is 5.62. The molecule has 0 aromatic heterocycles. The molecular formula is C17H27N3O3. The fourth-order valence-electron chi connectivity index (χ4n) is 2.10. The summed E-state index contributed by atoms with van der Waals surface area (Å²) in [6.45, 7) is 6.43. The summed E-state index contributed by atoms with van der Waals surface area (Å²) < 4.78 is 5.02. The molecule has 2 N–H and O–H groups in total. The highest BCUT2D eigenvalue weighted by atomic mass is 16.5. The summed E-state index contributed by atoms with van der Waals surface area (Å²) in [5.74, 6) is -0.277. The third kappa shape index (κ3) is 7.25. The fourth-order valence-corrected chi connectivity index (χ4v) is 2.10. The molecule has 2 amide bonds. The molecule has 1 aromatic carbocycles. The number of carbonyl (C=O) groups excluding carboxylic acids is 2. The molecule has 1 rings (SSSR count). The molecule has 0 saturated heterocycles. The van der Waals surface area contributed by atoms with Gasteiger partial charge in [-0.1, -0.05) is 6.07 Å². The molecule has 0 fully saturated rings. The number of hydrogen-bond donors (Lipinski definition) is 2. The van der Waals surface area contributed by atoms with Crippen LogP contribution in [0.3, 0.4) is 0 Å². The zero-order valence-electron chi connectivity index (χ0n) is 14.4. The van der Waals surface area contributed by atoms with Crippen molar-refractivity contribution in [1.82, 2.24) is 10.2 Å². The molecule has 23 heavy (non-hydrogen) atoms. The number of likely N-dealkylation sites (N-methyl/N-ethyl adjacent to an activating group) is 1. The van der Waals surface area contributed by atoms with Crippen molar-refractivity contribution in [2.24, 2.45) is 0 Å². The lowest BCUT2D eigenvalue weighted by Gasteiger charge is -2.16. The summed E-state index contributed by atoms with van der Waals surface area (Å²) in [4.78, 5) is 25.5. The van der Waals surface area contributed by atoms with E-state index in [0.29, 0.717) is 24.4 Å². The van der Waals surface area contributed by atoms with E-state index < -0.39 is 0 Å². The maximum absolute atomic E-state index is 12.2. The zero-order chi connectivity index (χ0) is 17.2. The lowest BCUT2D eigenvalue weighted by atomic mass is 10.1. The van der Waals surface area contributed by atoms with E-state index in [2.05, 4.69) is 15.5 Å². The maximum atomic E-state index is 12.2. The smallest absolute Gasteiger partial charge is 0.251 e. The van der Waals surface area contributed by atoms with E-state index in [1.165, 1.54) is 6.92 Å². The quantitative estimate of drug-likeness (QED) is 0.679. The fraction of sp³-hybridized carbons (Fsp3) is 0.529. The molecule has 0 bridgehead atoms. The number of carbonyl (C=O) groups is 2. The van der Waals surface area contributed by atoms with Gasteiger partial charge >= 0.3 is 0 Å². The van der Waals surface area contributed by atoms with E-state index >= 15 is 0 Å². The Balaban J connectivity index is 2.44. The lowest BCUT2D eigenvalue weighted by Crippen LogP contribution is -2.29. The van der Waals surface area contributed by atoms with Crippen molar-refractivity contribution >= 4 is 17.5 Å². The molecule has 0 aliphatic carbocycles. The van der Waals surface area contributed by atoms with Crippen molar-refractivity contribution in [2.45, 2.75) is 20.3 Å².